The molecule has 4 rings (SSSR count). The number of ketones is 1. The maximum absolute atomic E-state index is 13.5. The molecule has 0 amide bonds. The molecule has 1 aliphatic heterocycles. The summed E-state index contributed by atoms with van der Waals surface area (Å²) in [6.45, 7) is 4.32. The van der Waals surface area contributed by atoms with Gasteiger partial charge in [0.05, 0.1) is 11.0 Å². The Labute approximate surface area is 191 Å². The molecular formula is C22H29N7O4. The lowest BCUT2D eigenvalue weighted by Crippen LogP contribution is -2.43. The molecule has 1 unspecified atom stereocenters. The minimum absolute atomic E-state index is 0.0745. The Morgan fingerprint density at radius 3 is 2.67 bits per heavy atom. The van der Waals surface area contributed by atoms with Crippen LogP contribution in [0.3, 0.4) is 0 Å². The van der Waals surface area contributed by atoms with E-state index in [4.69, 9.17) is 14.8 Å². The number of fused-ring (bicyclic) bond motifs is 1. The molecule has 11 nitrogen and oxygen atoms in total. The summed E-state index contributed by atoms with van der Waals surface area (Å²) in [6, 6.07) is 7.84. The summed E-state index contributed by atoms with van der Waals surface area (Å²) in [7, 11) is 0. The van der Waals surface area contributed by atoms with Crippen LogP contribution >= 0.6 is 0 Å². The lowest BCUT2D eigenvalue weighted by molar-refractivity contribution is -0.149. The van der Waals surface area contributed by atoms with Crippen LogP contribution in [-0.2, 0) is 22.6 Å². The van der Waals surface area contributed by atoms with E-state index >= 15 is 0 Å². The Morgan fingerprint density at radius 1 is 1.18 bits per heavy atom. The Morgan fingerprint density at radius 2 is 1.94 bits per heavy atom. The number of aryl methyl sites for hydroxylation is 2. The lowest BCUT2D eigenvalue weighted by Gasteiger charge is -2.34. The van der Waals surface area contributed by atoms with E-state index in [0.29, 0.717) is 38.3 Å². The van der Waals surface area contributed by atoms with Crippen molar-refractivity contribution in [3.63, 3.8) is 0 Å². The first kappa shape index (κ1) is 23.0. The van der Waals surface area contributed by atoms with E-state index in [-0.39, 0.29) is 24.5 Å². The Balaban J connectivity index is 1.40. The van der Waals surface area contributed by atoms with Crippen molar-refractivity contribution in [3.8, 4) is 0 Å². The van der Waals surface area contributed by atoms with Gasteiger partial charge in [-0.05, 0) is 55.2 Å². The molecule has 0 saturated carbocycles. The molecule has 1 atom stereocenters. The first-order chi connectivity index (χ1) is 16.0. The van der Waals surface area contributed by atoms with Gasteiger partial charge in [-0.15, -0.1) is 5.10 Å². The first-order valence-corrected chi connectivity index (χ1v) is 11.3. The van der Waals surface area contributed by atoms with Gasteiger partial charge in [0, 0.05) is 32.1 Å². The number of nitrogens with zero attached hydrogens (tertiary/aromatic N) is 7. The maximum Gasteiger partial charge on any atom is 0.329 e. The number of rotatable bonds is 11. The normalized spacial score (nSPS) is 16.3. The van der Waals surface area contributed by atoms with Crippen LogP contribution in [0, 0.1) is 5.92 Å². The van der Waals surface area contributed by atoms with Gasteiger partial charge in [0.2, 0.25) is 5.78 Å². The maximum atomic E-state index is 13.5. The van der Waals surface area contributed by atoms with Crippen LogP contribution in [0.1, 0.15) is 43.2 Å². The minimum Gasteiger partial charge on any atom is -0.480 e. The SMILES string of the molecule is CC(OCC(=O)O)N1CCC(C(=O)c2nc3ccccc3n2CCCCn2cnnn2)CC1. The number of carboxylic acids is 1. The van der Waals surface area contributed by atoms with Crippen LogP contribution in [0.25, 0.3) is 11.0 Å². The van der Waals surface area contributed by atoms with Crippen molar-refractivity contribution in [1.29, 1.82) is 0 Å². The zero-order chi connectivity index (χ0) is 23.2. The summed E-state index contributed by atoms with van der Waals surface area (Å²) < 4.78 is 9.12. The van der Waals surface area contributed by atoms with Gasteiger partial charge in [0.1, 0.15) is 19.2 Å². The molecule has 33 heavy (non-hydrogen) atoms. The van der Waals surface area contributed by atoms with Crippen molar-refractivity contribution in [2.45, 2.75) is 51.9 Å². The van der Waals surface area contributed by atoms with Crippen LogP contribution in [0.15, 0.2) is 30.6 Å². The van der Waals surface area contributed by atoms with Gasteiger partial charge in [-0.3, -0.25) is 9.69 Å². The number of Topliss-reactive ketones (excluding diaryl/α,β-unsaturated/α-hetero) is 1. The summed E-state index contributed by atoms with van der Waals surface area (Å²) >= 11 is 0. The van der Waals surface area contributed by atoms with E-state index in [0.717, 1.165) is 30.4 Å². The number of hydrogen-bond acceptors (Lipinski definition) is 8. The number of ether oxygens (including phenoxy) is 1. The fraction of sp³-hybridized carbons (Fsp3) is 0.545. The smallest absolute Gasteiger partial charge is 0.329 e. The molecule has 1 fully saturated rings. The van der Waals surface area contributed by atoms with Crippen molar-refractivity contribution in [1.82, 2.24) is 34.7 Å². The first-order valence-electron chi connectivity index (χ1n) is 11.3. The number of aromatic nitrogens is 6. The van der Waals surface area contributed by atoms with Crippen LogP contribution in [0.2, 0.25) is 0 Å². The van der Waals surface area contributed by atoms with E-state index < -0.39 is 5.97 Å². The van der Waals surface area contributed by atoms with Gasteiger partial charge in [-0.25, -0.2) is 14.5 Å². The van der Waals surface area contributed by atoms with Crippen molar-refractivity contribution >= 4 is 22.8 Å². The van der Waals surface area contributed by atoms with Gasteiger partial charge in [-0.1, -0.05) is 12.1 Å². The van der Waals surface area contributed by atoms with Gasteiger partial charge in [-0.2, -0.15) is 0 Å². The molecular weight excluding hydrogens is 426 g/mol. The quantitative estimate of drug-likeness (QED) is 0.340. The summed E-state index contributed by atoms with van der Waals surface area (Å²) in [6.07, 6.45) is 4.46. The predicted molar refractivity (Wildman–Crippen MR) is 118 cm³/mol. The molecule has 0 spiro atoms. The number of carbonyl (C=O) groups excluding carboxylic acids is 1. The molecule has 0 bridgehead atoms. The third-order valence-corrected chi connectivity index (χ3v) is 6.15. The minimum atomic E-state index is -0.983. The highest BCUT2D eigenvalue weighted by molar-refractivity contribution is 5.98. The number of carboxylic acid groups (broad SMARTS) is 1. The highest BCUT2D eigenvalue weighted by Gasteiger charge is 2.31. The molecule has 3 heterocycles. The number of hydrogen-bond donors (Lipinski definition) is 1. The predicted octanol–water partition coefficient (Wildman–Crippen LogP) is 1.85. The molecule has 1 aromatic carbocycles. The van der Waals surface area contributed by atoms with Crippen molar-refractivity contribution in [2.75, 3.05) is 19.7 Å². The highest BCUT2D eigenvalue weighted by atomic mass is 16.5. The van der Waals surface area contributed by atoms with Crippen molar-refractivity contribution in [2.24, 2.45) is 5.92 Å². The topological polar surface area (TPSA) is 128 Å². The standard InChI is InChI=1S/C22H29N7O4/c1-16(33-14-20(30)31)27-12-8-17(9-13-27)21(32)22-24-18-6-2-3-7-19(18)29(22)11-5-4-10-28-15-23-25-26-28/h2-3,6-7,15-17H,4-5,8-14H2,1H3,(H,30,31). The Kier molecular flexibility index (Phi) is 7.40. The second-order valence-corrected chi connectivity index (χ2v) is 8.33. The zero-order valence-corrected chi connectivity index (χ0v) is 18.7. The Bertz CT molecular complexity index is 1070. The van der Waals surface area contributed by atoms with Crippen LogP contribution < -0.4 is 0 Å². The van der Waals surface area contributed by atoms with Crippen molar-refractivity contribution < 1.29 is 19.4 Å². The van der Waals surface area contributed by atoms with Crippen LogP contribution in [-0.4, -0.2) is 77.4 Å². The van der Waals surface area contributed by atoms with E-state index in [1.807, 2.05) is 35.8 Å². The fourth-order valence-electron chi connectivity index (χ4n) is 4.32. The number of aliphatic carboxylic acids is 1. The molecule has 3 aromatic rings. The number of benzene rings is 1. The van der Waals surface area contributed by atoms with Gasteiger partial charge < -0.3 is 14.4 Å². The van der Waals surface area contributed by atoms with E-state index in [9.17, 15) is 9.59 Å². The molecule has 2 aromatic heterocycles. The second kappa shape index (κ2) is 10.6. The summed E-state index contributed by atoms with van der Waals surface area (Å²) in [4.78, 5) is 31.0. The fourth-order valence-corrected chi connectivity index (χ4v) is 4.32. The average Bonchev–Trinajstić information content (AvgIpc) is 3.48. The van der Waals surface area contributed by atoms with Crippen LogP contribution in [0.4, 0.5) is 0 Å². The molecule has 1 aliphatic rings. The molecule has 0 radical (unpaired) electrons. The molecule has 11 heteroatoms. The second-order valence-electron chi connectivity index (χ2n) is 8.33. The van der Waals surface area contributed by atoms with E-state index in [2.05, 4.69) is 20.4 Å². The van der Waals surface area contributed by atoms with Crippen LogP contribution in [0.5, 0.6) is 0 Å². The van der Waals surface area contributed by atoms with Gasteiger partial charge >= 0.3 is 5.97 Å². The lowest BCUT2D eigenvalue weighted by atomic mass is 9.92. The number of unbranched alkanes of at least 4 members (excludes halogenated alkanes) is 1. The third kappa shape index (κ3) is 5.60. The van der Waals surface area contributed by atoms with Gasteiger partial charge in [0.15, 0.2) is 5.82 Å². The van der Waals surface area contributed by atoms with E-state index in [1.54, 1.807) is 11.0 Å². The number of para-hydroxylation sites is 2. The molecule has 1 N–H and O–H groups in total. The molecule has 0 aliphatic carbocycles. The monoisotopic (exact) mass is 455 g/mol. The zero-order valence-electron chi connectivity index (χ0n) is 18.7. The molecule has 1 saturated heterocycles. The number of carbonyl (C=O) groups is 2. The number of tetrazole rings is 1. The number of imidazole rings is 1. The highest BCUT2D eigenvalue weighted by Crippen LogP contribution is 2.26. The van der Waals surface area contributed by atoms with E-state index in [1.165, 1.54) is 0 Å². The summed E-state index contributed by atoms with van der Waals surface area (Å²) in [5.41, 5.74) is 1.80. The van der Waals surface area contributed by atoms with Gasteiger partial charge in [0.25, 0.3) is 0 Å². The summed E-state index contributed by atoms with van der Waals surface area (Å²) in [5, 5.41) is 20.0. The largest absolute Gasteiger partial charge is 0.480 e. The third-order valence-electron chi connectivity index (χ3n) is 6.15. The number of likely N-dealkylation sites (tertiary alicyclic amines) is 1. The average molecular weight is 456 g/mol. The number of piperidine rings is 1. The van der Waals surface area contributed by atoms with Crippen molar-refractivity contribution in [3.05, 3.63) is 36.4 Å². The Hall–Kier alpha value is -3.18. The summed E-state index contributed by atoms with van der Waals surface area (Å²) in [5.74, 6) is -0.494. The molecule has 176 valence electrons.